The summed E-state index contributed by atoms with van der Waals surface area (Å²) in [5.41, 5.74) is 0.563. The number of likely N-dealkylation sites (tertiary alicyclic amines) is 1. The van der Waals surface area contributed by atoms with Gasteiger partial charge in [-0.3, -0.25) is 19.4 Å². The second-order valence-corrected chi connectivity index (χ2v) is 7.62. The third-order valence-electron chi connectivity index (χ3n) is 5.52. The first-order valence-corrected chi connectivity index (χ1v) is 9.89. The van der Waals surface area contributed by atoms with Crippen molar-refractivity contribution in [3.05, 3.63) is 48.3 Å². The lowest BCUT2D eigenvalue weighted by atomic mass is 9.82. The van der Waals surface area contributed by atoms with Crippen molar-refractivity contribution in [2.75, 3.05) is 25.0 Å². The summed E-state index contributed by atoms with van der Waals surface area (Å²) in [6, 6.07) is 8.37. The molecule has 0 atom stereocenters. The molecule has 1 saturated heterocycles. The first kappa shape index (κ1) is 19.9. The van der Waals surface area contributed by atoms with Crippen molar-refractivity contribution in [3.63, 3.8) is 0 Å². The van der Waals surface area contributed by atoms with E-state index in [9.17, 15) is 14.4 Å². The van der Waals surface area contributed by atoms with Crippen molar-refractivity contribution in [2.24, 2.45) is 0 Å². The van der Waals surface area contributed by atoms with Gasteiger partial charge in [-0.05, 0) is 24.3 Å². The Balaban J connectivity index is 1.41. The zero-order valence-corrected chi connectivity index (χ0v) is 16.7. The Kier molecular flexibility index (Phi) is 5.39. The third kappa shape index (κ3) is 4.27. The molecule has 1 aromatic carbocycles. The fourth-order valence-electron chi connectivity index (χ4n) is 3.85. The Hall–Kier alpha value is -3.42. The molecule has 2 amide bonds. The number of fused-ring (bicyclic) bond motifs is 1. The molecule has 8 heteroatoms. The number of nitrogens with zero attached hydrogens (tertiary/aromatic N) is 2. The van der Waals surface area contributed by atoms with Crippen molar-refractivity contribution in [1.82, 2.24) is 9.88 Å². The normalized spacial score (nSPS) is 17.1. The number of ketones is 1. The number of anilines is 1. The molecule has 0 bridgehead atoms. The van der Waals surface area contributed by atoms with E-state index in [1.807, 2.05) is 0 Å². The monoisotopic (exact) mass is 409 g/mol. The summed E-state index contributed by atoms with van der Waals surface area (Å²) in [6.07, 6.45) is 4.70. The van der Waals surface area contributed by atoms with Crippen LogP contribution in [-0.2, 0) is 9.59 Å². The quantitative estimate of drug-likeness (QED) is 0.833. The van der Waals surface area contributed by atoms with Gasteiger partial charge in [-0.1, -0.05) is 0 Å². The van der Waals surface area contributed by atoms with Gasteiger partial charge in [0.2, 0.25) is 5.91 Å². The average Bonchev–Trinajstić information content (AvgIpc) is 2.73. The minimum atomic E-state index is -0.590. The molecule has 4 rings (SSSR count). The van der Waals surface area contributed by atoms with E-state index in [1.165, 1.54) is 0 Å². The predicted octanol–water partition coefficient (Wildman–Crippen LogP) is 2.45. The Morgan fingerprint density at radius 3 is 2.63 bits per heavy atom. The maximum absolute atomic E-state index is 12.7. The highest BCUT2D eigenvalue weighted by atomic mass is 16.5. The van der Waals surface area contributed by atoms with Gasteiger partial charge in [-0.2, -0.15) is 0 Å². The van der Waals surface area contributed by atoms with Crippen LogP contribution in [0.2, 0.25) is 0 Å². The largest absolute Gasteiger partial charge is 0.486 e. The number of Topliss-reactive ketones (excluding diaryl/α,β-unsaturated/α-hetero) is 1. The maximum Gasteiger partial charge on any atom is 0.262 e. The second-order valence-electron chi connectivity index (χ2n) is 7.62. The minimum Gasteiger partial charge on any atom is -0.486 e. The molecule has 156 valence electrons. The third-order valence-corrected chi connectivity index (χ3v) is 5.52. The molecule has 30 heavy (non-hydrogen) atoms. The molecule has 3 heterocycles. The van der Waals surface area contributed by atoms with Crippen molar-refractivity contribution < 1.29 is 23.9 Å². The first-order valence-electron chi connectivity index (χ1n) is 9.89. The van der Waals surface area contributed by atoms with Gasteiger partial charge >= 0.3 is 0 Å². The molecular formula is C22H23N3O5. The van der Waals surface area contributed by atoms with Crippen LogP contribution in [0.25, 0.3) is 0 Å². The number of nitrogens with one attached hydrogen (secondary N) is 1. The predicted molar refractivity (Wildman–Crippen MR) is 109 cm³/mol. The number of carbonyl (C=O) groups excluding carboxylic acids is 3. The lowest BCUT2D eigenvalue weighted by Crippen LogP contribution is -2.51. The van der Waals surface area contributed by atoms with Crippen LogP contribution in [0.15, 0.2) is 42.7 Å². The molecule has 2 aromatic rings. The molecule has 8 nitrogen and oxygen atoms in total. The number of ether oxygens (including phenoxy) is 2. The van der Waals surface area contributed by atoms with E-state index in [2.05, 4.69) is 10.3 Å². The van der Waals surface area contributed by atoms with Gasteiger partial charge in [0.05, 0.1) is 12.0 Å². The Labute approximate surface area is 174 Å². The number of piperidine rings is 1. The van der Waals surface area contributed by atoms with Crippen LogP contribution in [0.5, 0.6) is 11.5 Å². The molecule has 2 aliphatic rings. The zero-order valence-electron chi connectivity index (χ0n) is 16.7. The van der Waals surface area contributed by atoms with E-state index < -0.39 is 5.60 Å². The maximum atomic E-state index is 12.7. The summed E-state index contributed by atoms with van der Waals surface area (Å²) in [6.45, 7) is 2.52. The number of hydrogen-bond donors (Lipinski definition) is 1. The van der Waals surface area contributed by atoms with Crippen LogP contribution in [0, 0.1) is 0 Å². The second kappa shape index (κ2) is 8.14. The van der Waals surface area contributed by atoms with E-state index in [1.54, 1.807) is 54.5 Å². The van der Waals surface area contributed by atoms with Crippen molar-refractivity contribution in [1.29, 1.82) is 0 Å². The van der Waals surface area contributed by atoms with Gasteiger partial charge in [0.15, 0.2) is 12.4 Å². The number of aromatic nitrogens is 1. The molecule has 0 aliphatic carbocycles. The number of benzene rings is 1. The average molecular weight is 409 g/mol. The molecule has 1 spiro atoms. The Bertz CT molecular complexity index is 968. The highest BCUT2D eigenvalue weighted by molar-refractivity contribution is 6.00. The first-order chi connectivity index (χ1) is 14.4. The van der Waals surface area contributed by atoms with Crippen LogP contribution in [0.1, 0.15) is 36.5 Å². The molecule has 0 saturated carbocycles. The molecule has 1 aromatic heterocycles. The summed E-state index contributed by atoms with van der Waals surface area (Å²) in [5.74, 6) is 0.672. The number of hydrogen-bond acceptors (Lipinski definition) is 6. The van der Waals surface area contributed by atoms with Crippen molar-refractivity contribution >= 4 is 23.3 Å². The molecule has 0 unspecified atom stereocenters. The van der Waals surface area contributed by atoms with Crippen molar-refractivity contribution in [3.8, 4) is 11.5 Å². The van der Waals surface area contributed by atoms with Gasteiger partial charge in [0, 0.05) is 57.0 Å². The lowest BCUT2D eigenvalue weighted by Gasteiger charge is -2.43. The van der Waals surface area contributed by atoms with E-state index in [0.717, 1.165) is 0 Å². The Morgan fingerprint density at radius 1 is 1.20 bits per heavy atom. The molecular weight excluding hydrogens is 386 g/mol. The van der Waals surface area contributed by atoms with Crippen LogP contribution in [-0.4, -0.2) is 52.8 Å². The van der Waals surface area contributed by atoms with E-state index >= 15 is 0 Å². The van der Waals surface area contributed by atoms with Crippen LogP contribution in [0.3, 0.4) is 0 Å². The van der Waals surface area contributed by atoms with E-state index in [4.69, 9.17) is 9.47 Å². The highest BCUT2D eigenvalue weighted by Crippen LogP contribution is 2.40. The van der Waals surface area contributed by atoms with Gasteiger partial charge in [-0.15, -0.1) is 0 Å². The molecule has 1 N–H and O–H groups in total. The summed E-state index contributed by atoms with van der Waals surface area (Å²) in [5, 5.41) is 2.72. The molecule has 0 radical (unpaired) electrons. The van der Waals surface area contributed by atoms with Crippen LogP contribution >= 0.6 is 0 Å². The molecule has 2 aliphatic heterocycles. The standard InChI is InChI=1S/C22H23N3O5/c1-15(26)25-10-6-22(7-11-25)13-19(27)18-3-2-17(12-20(18)30-22)29-14-21(28)24-16-4-8-23-9-5-16/h2-5,8-9,12H,6-7,10-11,13-14H2,1H3,(H,23,24,28). The van der Waals surface area contributed by atoms with Gasteiger partial charge in [0.25, 0.3) is 5.91 Å². The lowest BCUT2D eigenvalue weighted by molar-refractivity contribution is -0.132. The number of carbonyl (C=O) groups is 3. The fourth-order valence-corrected chi connectivity index (χ4v) is 3.85. The summed E-state index contributed by atoms with van der Waals surface area (Å²) in [4.78, 5) is 42.0. The SMILES string of the molecule is CC(=O)N1CCC2(CC1)CC(=O)c1ccc(OCC(=O)Nc3ccncc3)cc1O2. The van der Waals surface area contributed by atoms with Gasteiger partial charge in [0.1, 0.15) is 17.1 Å². The van der Waals surface area contributed by atoms with E-state index in [0.29, 0.717) is 55.1 Å². The number of pyridine rings is 1. The van der Waals surface area contributed by atoms with E-state index in [-0.39, 0.29) is 24.2 Å². The Morgan fingerprint density at radius 2 is 1.93 bits per heavy atom. The fraction of sp³-hybridized carbons (Fsp3) is 0.364. The topological polar surface area (TPSA) is 97.8 Å². The summed E-state index contributed by atoms with van der Waals surface area (Å²) >= 11 is 0. The summed E-state index contributed by atoms with van der Waals surface area (Å²) < 4.78 is 11.8. The number of amides is 2. The smallest absolute Gasteiger partial charge is 0.262 e. The minimum absolute atomic E-state index is 0.0227. The van der Waals surface area contributed by atoms with Crippen LogP contribution < -0.4 is 14.8 Å². The summed E-state index contributed by atoms with van der Waals surface area (Å²) in [7, 11) is 0. The molecule has 1 fully saturated rings. The zero-order chi connectivity index (χ0) is 21.1. The van der Waals surface area contributed by atoms with Gasteiger partial charge in [-0.25, -0.2) is 0 Å². The van der Waals surface area contributed by atoms with Gasteiger partial charge < -0.3 is 19.7 Å². The highest BCUT2D eigenvalue weighted by Gasteiger charge is 2.43. The van der Waals surface area contributed by atoms with Crippen LogP contribution in [0.4, 0.5) is 5.69 Å². The van der Waals surface area contributed by atoms with Crippen molar-refractivity contribution in [2.45, 2.75) is 31.8 Å². The number of rotatable bonds is 4.